The average molecular weight is 192 g/mol. The number of rotatable bonds is 0. The molecular formula is C14H24. The summed E-state index contributed by atoms with van der Waals surface area (Å²) in [6.45, 7) is 7.46. The molecule has 0 heteroatoms. The molecule has 0 N–H and O–H groups in total. The van der Waals surface area contributed by atoms with Crippen molar-refractivity contribution in [2.75, 3.05) is 0 Å². The molecule has 4 rings (SSSR count). The fraction of sp³-hybridized carbons (Fsp3) is 1.00. The van der Waals surface area contributed by atoms with E-state index >= 15 is 0 Å². The van der Waals surface area contributed by atoms with Crippen molar-refractivity contribution < 1.29 is 0 Å². The maximum atomic E-state index is 2.49. The molecular weight excluding hydrogens is 168 g/mol. The normalized spacial score (nSPS) is 51.2. The standard InChI is InChI=1S/C14H24/c1-13(2,3)14-7-10-4-11(8-14)6-12(5-10)9-14/h10-12H,4-9H2,1-3H3. The third-order valence-corrected chi connectivity index (χ3v) is 5.63. The van der Waals surface area contributed by atoms with Crippen LogP contribution in [0.25, 0.3) is 0 Å². The van der Waals surface area contributed by atoms with Gasteiger partial charge in [0.15, 0.2) is 0 Å². The highest BCUT2D eigenvalue weighted by Crippen LogP contribution is 2.65. The Bertz CT molecular complexity index is 208. The van der Waals surface area contributed by atoms with E-state index in [0.29, 0.717) is 5.41 Å². The molecule has 0 nitrogen and oxygen atoms in total. The first-order chi connectivity index (χ1) is 6.48. The maximum absolute atomic E-state index is 2.49. The molecule has 0 aromatic heterocycles. The van der Waals surface area contributed by atoms with Gasteiger partial charge in [0.25, 0.3) is 0 Å². The van der Waals surface area contributed by atoms with Crippen molar-refractivity contribution in [3.63, 3.8) is 0 Å². The van der Waals surface area contributed by atoms with Gasteiger partial charge in [-0.25, -0.2) is 0 Å². The second-order valence-corrected chi connectivity index (χ2v) is 7.45. The molecule has 4 bridgehead atoms. The van der Waals surface area contributed by atoms with Gasteiger partial charge in [-0.2, -0.15) is 0 Å². The Hall–Kier alpha value is 0. The molecule has 0 aromatic rings. The van der Waals surface area contributed by atoms with Crippen molar-refractivity contribution in [3.8, 4) is 0 Å². The average Bonchev–Trinajstić information content (AvgIpc) is 1.98. The van der Waals surface area contributed by atoms with Crippen LogP contribution in [0.2, 0.25) is 0 Å². The molecule has 4 aliphatic rings. The van der Waals surface area contributed by atoms with E-state index in [-0.39, 0.29) is 0 Å². The van der Waals surface area contributed by atoms with Gasteiger partial charge in [-0.05, 0) is 67.1 Å². The molecule has 4 saturated carbocycles. The van der Waals surface area contributed by atoms with E-state index in [9.17, 15) is 0 Å². The summed E-state index contributed by atoms with van der Waals surface area (Å²) >= 11 is 0. The molecule has 14 heavy (non-hydrogen) atoms. The molecule has 4 fully saturated rings. The van der Waals surface area contributed by atoms with E-state index in [0.717, 1.165) is 23.2 Å². The molecule has 0 aliphatic heterocycles. The third kappa shape index (κ3) is 1.12. The minimum Gasteiger partial charge on any atom is -0.0596 e. The lowest BCUT2D eigenvalue weighted by Crippen LogP contribution is -2.51. The maximum Gasteiger partial charge on any atom is -0.0241 e. The van der Waals surface area contributed by atoms with E-state index in [1.807, 2.05) is 0 Å². The Balaban J connectivity index is 1.95. The van der Waals surface area contributed by atoms with Gasteiger partial charge < -0.3 is 0 Å². The molecule has 80 valence electrons. The minimum atomic E-state index is 0.559. The van der Waals surface area contributed by atoms with Crippen molar-refractivity contribution in [3.05, 3.63) is 0 Å². The van der Waals surface area contributed by atoms with Crippen molar-refractivity contribution in [2.24, 2.45) is 28.6 Å². The van der Waals surface area contributed by atoms with Gasteiger partial charge in [0, 0.05) is 0 Å². The molecule has 0 radical (unpaired) electrons. The first-order valence-electron chi connectivity index (χ1n) is 6.48. The van der Waals surface area contributed by atoms with Crippen LogP contribution in [-0.4, -0.2) is 0 Å². The molecule has 0 atom stereocenters. The van der Waals surface area contributed by atoms with Crippen LogP contribution in [-0.2, 0) is 0 Å². The van der Waals surface area contributed by atoms with Crippen LogP contribution in [0.5, 0.6) is 0 Å². The Morgan fingerprint density at radius 1 is 0.786 bits per heavy atom. The van der Waals surface area contributed by atoms with Crippen LogP contribution in [0.4, 0.5) is 0 Å². The van der Waals surface area contributed by atoms with Gasteiger partial charge in [0.2, 0.25) is 0 Å². The Kier molecular flexibility index (Phi) is 1.70. The summed E-state index contributed by atoms with van der Waals surface area (Å²) in [6.07, 6.45) is 9.41. The first-order valence-corrected chi connectivity index (χ1v) is 6.48. The molecule has 0 aromatic carbocycles. The highest BCUT2D eigenvalue weighted by molar-refractivity contribution is 5.05. The fourth-order valence-electron chi connectivity index (χ4n) is 5.03. The Labute approximate surface area is 88.5 Å². The van der Waals surface area contributed by atoms with Crippen LogP contribution >= 0.6 is 0 Å². The predicted molar refractivity (Wildman–Crippen MR) is 60.1 cm³/mol. The lowest BCUT2D eigenvalue weighted by atomic mass is 9.43. The predicted octanol–water partition coefficient (Wildman–Crippen LogP) is 4.25. The van der Waals surface area contributed by atoms with Crippen LogP contribution < -0.4 is 0 Å². The Morgan fingerprint density at radius 3 is 1.43 bits per heavy atom. The highest BCUT2D eigenvalue weighted by Gasteiger charge is 2.55. The summed E-state index contributed by atoms with van der Waals surface area (Å²) < 4.78 is 0. The number of hydrogen-bond acceptors (Lipinski definition) is 0. The van der Waals surface area contributed by atoms with Crippen molar-refractivity contribution >= 4 is 0 Å². The van der Waals surface area contributed by atoms with Crippen LogP contribution in [0.3, 0.4) is 0 Å². The summed E-state index contributed by atoms with van der Waals surface area (Å²) in [6, 6.07) is 0. The third-order valence-electron chi connectivity index (χ3n) is 5.63. The SMILES string of the molecule is CC(C)(C)C12CC3CC(CC(C3)C1)C2. The van der Waals surface area contributed by atoms with Crippen molar-refractivity contribution in [2.45, 2.75) is 59.3 Å². The van der Waals surface area contributed by atoms with Crippen LogP contribution in [0, 0.1) is 28.6 Å². The van der Waals surface area contributed by atoms with Crippen LogP contribution in [0.1, 0.15) is 59.3 Å². The molecule has 0 saturated heterocycles. The van der Waals surface area contributed by atoms with Crippen LogP contribution in [0.15, 0.2) is 0 Å². The summed E-state index contributed by atoms with van der Waals surface area (Å²) in [5, 5.41) is 0. The lowest BCUT2D eigenvalue weighted by molar-refractivity contribution is -0.113. The second kappa shape index (κ2) is 2.57. The van der Waals surface area contributed by atoms with E-state index in [1.165, 1.54) is 0 Å². The van der Waals surface area contributed by atoms with Crippen molar-refractivity contribution in [1.82, 2.24) is 0 Å². The van der Waals surface area contributed by atoms with Gasteiger partial charge in [0.1, 0.15) is 0 Å². The van der Waals surface area contributed by atoms with Gasteiger partial charge in [-0.1, -0.05) is 20.8 Å². The lowest BCUT2D eigenvalue weighted by Gasteiger charge is -2.62. The summed E-state index contributed by atoms with van der Waals surface area (Å²) in [5.41, 5.74) is 1.30. The highest BCUT2D eigenvalue weighted by atomic mass is 14.6. The summed E-state index contributed by atoms with van der Waals surface area (Å²) in [5.74, 6) is 3.33. The zero-order valence-electron chi connectivity index (χ0n) is 9.97. The smallest absolute Gasteiger partial charge is 0.0241 e. The van der Waals surface area contributed by atoms with E-state index in [2.05, 4.69) is 20.8 Å². The molecule has 0 heterocycles. The van der Waals surface area contributed by atoms with Crippen molar-refractivity contribution in [1.29, 1.82) is 0 Å². The van der Waals surface area contributed by atoms with E-state index in [1.54, 1.807) is 38.5 Å². The first kappa shape index (κ1) is 9.24. The van der Waals surface area contributed by atoms with Gasteiger partial charge in [-0.3, -0.25) is 0 Å². The largest absolute Gasteiger partial charge is 0.0596 e. The quantitative estimate of drug-likeness (QED) is 0.538. The Morgan fingerprint density at radius 2 is 1.14 bits per heavy atom. The van der Waals surface area contributed by atoms with Gasteiger partial charge >= 0.3 is 0 Å². The molecule has 0 unspecified atom stereocenters. The fourth-order valence-corrected chi connectivity index (χ4v) is 5.03. The van der Waals surface area contributed by atoms with E-state index in [4.69, 9.17) is 0 Å². The number of hydrogen-bond donors (Lipinski definition) is 0. The molecule has 0 amide bonds. The van der Waals surface area contributed by atoms with Gasteiger partial charge in [0.05, 0.1) is 0 Å². The zero-order chi connectivity index (χ0) is 9.97. The monoisotopic (exact) mass is 192 g/mol. The summed E-state index contributed by atoms with van der Waals surface area (Å²) in [4.78, 5) is 0. The summed E-state index contributed by atoms with van der Waals surface area (Å²) in [7, 11) is 0. The van der Waals surface area contributed by atoms with E-state index < -0.39 is 0 Å². The zero-order valence-corrected chi connectivity index (χ0v) is 9.97. The molecule has 0 spiro atoms. The molecule has 4 aliphatic carbocycles. The second-order valence-electron chi connectivity index (χ2n) is 7.45. The topological polar surface area (TPSA) is 0 Å². The minimum absolute atomic E-state index is 0.559. The van der Waals surface area contributed by atoms with Gasteiger partial charge in [-0.15, -0.1) is 0 Å².